The van der Waals surface area contributed by atoms with Gasteiger partial charge in [0.15, 0.2) is 0 Å². The van der Waals surface area contributed by atoms with Gasteiger partial charge in [-0.15, -0.1) is 0 Å². The van der Waals surface area contributed by atoms with Crippen LogP contribution in [0, 0.1) is 6.92 Å². The number of anilines is 1. The monoisotopic (exact) mass is 234 g/mol. The molecule has 5 heteroatoms. The van der Waals surface area contributed by atoms with Crippen molar-refractivity contribution in [2.24, 2.45) is 0 Å². The predicted molar refractivity (Wildman–Crippen MR) is 66.0 cm³/mol. The topological polar surface area (TPSA) is 66.9 Å². The molecule has 0 spiro atoms. The summed E-state index contributed by atoms with van der Waals surface area (Å²) in [5, 5.41) is 6.03. The fourth-order valence-electron chi connectivity index (χ4n) is 1.50. The zero-order valence-corrected chi connectivity index (χ0v) is 10.4. The van der Waals surface area contributed by atoms with E-state index in [0.717, 1.165) is 18.5 Å². The molecule has 0 unspecified atom stereocenters. The molecule has 0 aliphatic heterocycles. The Balaban J connectivity index is 2.14. The first kappa shape index (κ1) is 11.8. The minimum absolute atomic E-state index is 0.109. The van der Waals surface area contributed by atoms with E-state index in [1.165, 1.54) is 0 Å². The van der Waals surface area contributed by atoms with Crippen LogP contribution < -0.4 is 10.6 Å². The Bertz CT molecular complexity index is 427. The van der Waals surface area contributed by atoms with Gasteiger partial charge in [-0.1, -0.05) is 0 Å². The number of aryl methyl sites for hydroxylation is 1. The van der Waals surface area contributed by atoms with E-state index in [1.807, 2.05) is 20.8 Å². The van der Waals surface area contributed by atoms with Crippen LogP contribution in [0.4, 0.5) is 5.95 Å². The quantitative estimate of drug-likeness (QED) is 0.828. The van der Waals surface area contributed by atoms with Gasteiger partial charge >= 0.3 is 0 Å². The van der Waals surface area contributed by atoms with Gasteiger partial charge in [-0.3, -0.25) is 4.79 Å². The van der Waals surface area contributed by atoms with E-state index >= 15 is 0 Å². The number of hydrogen-bond donors (Lipinski definition) is 2. The number of nitrogens with one attached hydrogen (secondary N) is 2. The van der Waals surface area contributed by atoms with E-state index in [0.29, 0.717) is 17.7 Å². The molecule has 0 aromatic carbocycles. The largest absolute Gasteiger partial charge is 0.351 e. The molecule has 0 saturated heterocycles. The van der Waals surface area contributed by atoms with Crippen molar-refractivity contribution < 1.29 is 4.79 Å². The minimum Gasteiger partial charge on any atom is -0.351 e. The first-order chi connectivity index (χ1) is 8.04. The van der Waals surface area contributed by atoms with Gasteiger partial charge in [0.2, 0.25) is 5.95 Å². The van der Waals surface area contributed by atoms with Gasteiger partial charge in [0.1, 0.15) is 5.69 Å². The Hall–Kier alpha value is -1.65. The Kier molecular flexibility index (Phi) is 3.26. The highest BCUT2D eigenvalue weighted by Crippen LogP contribution is 2.23. The van der Waals surface area contributed by atoms with E-state index < -0.39 is 0 Å². The van der Waals surface area contributed by atoms with Crippen molar-refractivity contribution in [3.63, 3.8) is 0 Å². The molecule has 1 aliphatic carbocycles. The highest BCUT2D eigenvalue weighted by Gasteiger charge is 2.22. The summed E-state index contributed by atoms with van der Waals surface area (Å²) >= 11 is 0. The number of carbonyl (C=O) groups excluding carboxylic acids is 1. The Morgan fingerprint density at radius 3 is 2.71 bits per heavy atom. The lowest BCUT2D eigenvalue weighted by molar-refractivity contribution is 0.0938. The van der Waals surface area contributed by atoms with Crippen LogP contribution >= 0.6 is 0 Å². The van der Waals surface area contributed by atoms with Crippen molar-refractivity contribution in [1.29, 1.82) is 0 Å². The van der Waals surface area contributed by atoms with Gasteiger partial charge in [0, 0.05) is 17.8 Å². The Morgan fingerprint density at radius 2 is 2.12 bits per heavy atom. The van der Waals surface area contributed by atoms with Gasteiger partial charge in [-0.05, 0) is 39.7 Å². The zero-order chi connectivity index (χ0) is 12.4. The maximum absolute atomic E-state index is 11.8. The average Bonchev–Trinajstić information content (AvgIpc) is 2.99. The number of hydrogen-bond acceptors (Lipinski definition) is 4. The number of aromatic nitrogens is 2. The highest BCUT2D eigenvalue weighted by atomic mass is 16.1. The van der Waals surface area contributed by atoms with Crippen LogP contribution in [0.5, 0.6) is 0 Å². The van der Waals surface area contributed by atoms with Crippen molar-refractivity contribution in [3.8, 4) is 0 Å². The molecule has 1 aromatic rings. The summed E-state index contributed by atoms with van der Waals surface area (Å²) in [6.45, 7) is 5.72. The third-order valence-corrected chi connectivity index (χ3v) is 2.42. The molecule has 1 aliphatic rings. The first-order valence-corrected chi connectivity index (χ1v) is 5.97. The molecule has 5 nitrogen and oxygen atoms in total. The minimum atomic E-state index is -0.149. The normalized spacial score (nSPS) is 14.8. The van der Waals surface area contributed by atoms with Gasteiger partial charge in [0.25, 0.3) is 5.91 Å². The maximum atomic E-state index is 11.8. The second-order valence-electron chi connectivity index (χ2n) is 4.76. The molecular weight excluding hydrogens is 216 g/mol. The van der Waals surface area contributed by atoms with Crippen LogP contribution in [-0.2, 0) is 0 Å². The third-order valence-electron chi connectivity index (χ3n) is 2.42. The van der Waals surface area contributed by atoms with E-state index in [2.05, 4.69) is 20.6 Å². The van der Waals surface area contributed by atoms with Gasteiger partial charge in [0.05, 0.1) is 0 Å². The molecule has 1 aromatic heterocycles. The zero-order valence-electron chi connectivity index (χ0n) is 10.4. The standard InChI is InChI=1S/C12H18N4O/c1-7(2)13-11(17)10-6-8(3)14-12(16-10)15-9-4-5-9/h6-7,9H,4-5H2,1-3H3,(H,13,17)(H,14,15,16). The summed E-state index contributed by atoms with van der Waals surface area (Å²) in [7, 11) is 0. The van der Waals surface area contributed by atoms with Gasteiger partial charge < -0.3 is 10.6 Å². The summed E-state index contributed by atoms with van der Waals surface area (Å²) in [5.41, 5.74) is 1.23. The van der Waals surface area contributed by atoms with Crippen LogP contribution in [0.15, 0.2) is 6.07 Å². The van der Waals surface area contributed by atoms with Crippen LogP contribution in [0.3, 0.4) is 0 Å². The molecule has 17 heavy (non-hydrogen) atoms. The number of amides is 1. The average molecular weight is 234 g/mol. The van der Waals surface area contributed by atoms with Crippen molar-refractivity contribution >= 4 is 11.9 Å². The highest BCUT2D eigenvalue weighted by molar-refractivity contribution is 5.92. The second-order valence-corrected chi connectivity index (χ2v) is 4.76. The SMILES string of the molecule is Cc1cc(C(=O)NC(C)C)nc(NC2CC2)n1. The fourth-order valence-corrected chi connectivity index (χ4v) is 1.50. The lowest BCUT2D eigenvalue weighted by atomic mass is 10.3. The molecule has 1 fully saturated rings. The van der Waals surface area contributed by atoms with Crippen LogP contribution in [-0.4, -0.2) is 28.0 Å². The van der Waals surface area contributed by atoms with E-state index in [-0.39, 0.29) is 11.9 Å². The maximum Gasteiger partial charge on any atom is 0.270 e. The molecule has 2 N–H and O–H groups in total. The van der Waals surface area contributed by atoms with E-state index in [9.17, 15) is 4.79 Å². The summed E-state index contributed by atoms with van der Waals surface area (Å²) < 4.78 is 0. The van der Waals surface area contributed by atoms with Gasteiger partial charge in [-0.25, -0.2) is 9.97 Å². The number of carbonyl (C=O) groups is 1. The second kappa shape index (κ2) is 4.69. The molecule has 0 radical (unpaired) electrons. The summed E-state index contributed by atoms with van der Waals surface area (Å²) in [4.78, 5) is 20.3. The Morgan fingerprint density at radius 1 is 1.41 bits per heavy atom. The third kappa shape index (κ3) is 3.41. The number of rotatable bonds is 4. The molecular formula is C12H18N4O. The Labute approximate surface area is 101 Å². The molecule has 1 amide bonds. The van der Waals surface area contributed by atoms with Crippen molar-refractivity contribution in [3.05, 3.63) is 17.5 Å². The van der Waals surface area contributed by atoms with Crippen LogP contribution in [0.25, 0.3) is 0 Å². The van der Waals surface area contributed by atoms with Crippen molar-refractivity contribution in [2.45, 2.75) is 45.7 Å². The lowest BCUT2D eigenvalue weighted by Crippen LogP contribution is -2.31. The molecule has 2 rings (SSSR count). The lowest BCUT2D eigenvalue weighted by Gasteiger charge is -2.10. The van der Waals surface area contributed by atoms with Gasteiger partial charge in [-0.2, -0.15) is 0 Å². The predicted octanol–water partition coefficient (Wildman–Crippen LogP) is 1.50. The summed E-state index contributed by atoms with van der Waals surface area (Å²) in [6.07, 6.45) is 2.32. The van der Waals surface area contributed by atoms with Crippen LogP contribution in [0.1, 0.15) is 42.9 Å². The van der Waals surface area contributed by atoms with E-state index in [1.54, 1.807) is 6.07 Å². The fraction of sp³-hybridized carbons (Fsp3) is 0.583. The number of nitrogens with zero attached hydrogens (tertiary/aromatic N) is 2. The van der Waals surface area contributed by atoms with Crippen LogP contribution in [0.2, 0.25) is 0 Å². The summed E-state index contributed by atoms with van der Waals surface area (Å²) in [6, 6.07) is 2.30. The molecule has 0 atom stereocenters. The van der Waals surface area contributed by atoms with Crippen molar-refractivity contribution in [1.82, 2.24) is 15.3 Å². The molecule has 92 valence electrons. The van der Waals surface area contributed by atoms with E-state index in [4.69, 9.17) is 0 Å². The molecule has 1 saturated carbocycles. The smallest absolute Gasteiger partial charge is 0.270 e. The molecule has 1 heterocycles. The summed E-state index contributed by atoms with van der Waals surface area (Å²) in [5.74, 6) is 0.408. The molecule has 0 bridgehead atoms. The first-order valence-electron chi connectivity index (χ1n) is 5.97. The van der Waals surface area contributed by atoms with Crippen molar-refractivity contribution in [2.75, 3.05) is 5.32 Å².